The number of hydrogen-bond donors (Lipinski definition) is 2. The van der Waals surface area contributed by atoms with Crippen molar-refractivity contribution in [1.29, 1.82) is 0 Å². The molecule has 0 aromatic carbocycles. The summed E-state index contributed by atoms with van der Waals surface area (Å²) in [5.41, 5.74) is 6.12. The Balaban J connectivity index is 2.17. The molecule has 0 fully saturated rings. The van der Waals surface area contributed by atoms with Crippen LogP contribution in [0.3, 0.4) is 0 Å². The molecule has 2 aromatic heterocycles. The van der Waals surface area contributed by atoms with Crippen LogP contribution in [0.15, 0.2) is 16.5 Å². The van der Waals surface area contributed by atoms with E-state index in [0.29, 0.717) is 27.9 Å². The minimum Gasteiger partial charge on any atom is -0.459 e. The number of carbonyl (C=O) groups excluding carboxylic acids is 1. The second kappa shape index (κ2) is 5.38. The predicted molar refractivity (Wildman–Crippen MR) is 79.9 cm³/mol. The second-order valence-electron chi connectivity index (χ2n) is 5.52. The smallest absolute Gasteiger partial charge is 0.263 e. The van der Waals surface area contributed by atoms with Gasteiger partial charge in [0, 0.05) is 12.1 Å². The summed E-state index contributed by atoms with van der Waals surface area (Å²) in [6, 6.07) is 3.74. The lowest BCUT2D eigenvalue weighted by molar-refractivity contribution is 0.0949. The van der Waals surface area contributed by atoms with Crippen LogP contribution in [0.1, 0.15) is 35.0 Å². The molecule has 5 nitrogen and oxygen atoms in total. The summed E-state index contributed by atoms with van der Waals surface area (Å²) < 4.78 is 5.53. The van der Waals surface area contributed by atoms with Crippen molar-refractivity contribution in [2.75, 3.05) is 6.54 Å². The van der Waals surface area contributed by atoms with E-state index in [1.54, 1.807) is 0 Å². The Morgan fingerprint density at radius 2 is 2.15 bits per heavy atom. The number of aryl methyl sites for hydroxylation is 2. The maximum Gasteiger partial charge on any atom is 0.263 e. The lowest BCUT2D eigenvalue weighted by Crippen LogP contribution is -2.45. The van der Waals surface area contributed by atoms with E-state index in [0.717, 1.165) is 5.76 Å². The van der Waals surface area contributed by atoms with Crippen molar-refractivity contribution in [3.05, 3.63) is 28.5 Å². The van der Waals surface area contributed by atoms with Crippen LogP contribution in [0.5, 0.6) is 0 Å². The molecule has 0 radical (unpaired) electrons. The van der Waals surface area contributed by atoms with Crippen LogP contribution >= 0.6 is 11.3 Å². The SMILES string of the molecule is Cc1ccc(-c2nc(C)c(C(=O)NCC(C)(C)N)s2)o1. The van der Waals surface area contributed by atoms with Gasteiger partial charge in [0.1, 0.15) is 10.6 Å². The molecule has 0 aliphatic rings. The van der Waals surface area contributed by atoms with Gasteiger partial charge in [0.2, 0.25) is 0 Å². The van der Waals surface area contributed by atoms with Crippen LogP contribution in [0.2, 0.25) is 0 Å². The van der Waals surface area contributed by atoms with Crippen LogP contribution < -0.4 is 11.1 Å². The first kappa shape index (κ1) is 14.7. The van der Waals surface area contributed by atoms with Gasteiger partial charge in [-0.3, -0.25) is 4.79 Å². The summed E-state index contributed by atoms with van der Waals surface area (Å²) in [5, 5.41) is 3.54. The summed E-state index contributed by atoms with van der Waals surface area (Å²) in [7, 11) is 0. The number of hydrogen-bond acceptors (Lipinski definition) is 5. The number of amides is 1. The number of thiazole rings is 1. The Kier molecular flexibility index (Phi) is 3.96. The number of aromatic nitrogens is 1. The normalized spacial score (nSPS) is 11.7. The highest BCUT2D eigenvalue weighted by Gasteiger charge is 2.19. The molecule has 0 aliphatic carbocycles. The fourth-order valence-corrected chi connectivity index (χ4v) is 2.59. The minimum atomic E-state index is -0.435. The molecule has 6 heteroatoms. The lowest BCUT2D eigenvalue weighted by Gasteiger charge is -2.18. The third-order valence-electron chi connectivity index (χ3n) is 2.66. The third kappa shape index (κ3) is 3.46. The molecule has 108 valence electrons. The molecule has 0 unspecified atom stereocenters. The molecule has 0 aliphatic heterocycles. The Bertz CT molecular complexity index is 623. The number of rotatable bonds is 4. The van der Waals surface area contributed by atoms with Crippen molar-refractivity contribution in [2.45, 2.75) is 33.2 Å². The number of nitrogens with zero attached hydrogens (tertiary/aromatic N) is 1. The summed E-state index contributed by atoms with van der Waals surface area (Å²) in [6.45, 7) is 7.84. The van der Waals surface area contributed by atoms with E-state index in [1.807, 2.05) is 39.8 Å². The first-order valence-corrected chi connectivity index (χ1v) is 7.19. The topological polar surface area (TPSA) is 81.2 Å². The highest BCUT2D eigenvalue weighted by atomic mass is 32.1. The highest BCUT2D eigenvalue weighted by molar-refractivity contribution is 7.17. The first-order valence-electron chi connectivity index (χ1n) is 6.37. The molecule has 0 saturated carbocycles. The standard InChI is InChI=1S/C14H19N3O2S/c1-8-5-6-10(19-8)13-17-9(2)11(20-13)12(18)16-7-14(3,4)15/h5-6H,7,15H2,1-4H3,(H,16,18). The van der Waals surface area contributed by atoms with E-state index in [-0.39, 0.29) is 5.91 Å². The first-order chi connectivity index (χ1) is 9.26. The number of carbonyl (C=O) groups is 1. The van der Waals surface area contributed by atoms with Crippen LogP contribution in [0.4, 0.5) is 0 Å². The van der Waals surface area contributed by atoms with Crippen molar-refractivity contribution in [1.82, 2.24) is 10.3 Å². The molecule has 0 spiro atoms. The maximum atomic E-state index is 12.1. The van der Waals surface area contributed by atoms with E-state index >= 15 is 0 Å². The third-order valence-corrected chi connectivity index (χ3v) is 3.83. The predicted octanol–water partition coefficient (Wildman–Crippen LogP) is 2.49. The average molecular weight is 293 g/mol. The molecule has 0 atom stereocenters. The molecule has 2 aromatic rings. The highest BCUT2D eigenvalue weighted by Crippen LogP contribution is 2.29. The Hall–Kier alpha value is -1.66. The average Bonchev–Trinajstić information content (AvgIpc) is 2.91. The van der Waals surface area contributed by atoms with Gasteiger partial charge >= 0.3 is 0 Å². The van der Waals surface area contributed by atoms with E-state index in [1.165, 1.54) is 11.3 Å². The molecular formula is C14H19N3O2S. The summed E-state index contributed by atoms with van der Waals surface area (Å²) in [6.07, 6.45) is 0. The van der Waals surface area contributed by atoms with Crippen LogP contribution in [0.25, 0.3) is 10.8 Å². The summed E-state index contributed by atoms with van der Waals surface area (Å²) in [5.74, 6) is 1.37. The molecule has 2 heterocycles. The van der Waals surface area contributed by atoms with Gasteiger partial charge in [-0.15, -0.1) is 11.3 Å². The van der Waals surface area contributed by atoms with E-state index in [4.69, 9.17) is 10.2 Å². The number of furan rings is 1. The fraction of sp³-hybridized carbons (Fsp3) is 0.429. The monoisotopic (exact) mass is 293 g/mol. The van der Waals surface area contributed by atoms with E-state index in [2.05, 4.69) is 10.3 Å². The summed E-state index contributed by atoms with van der Waals surface area (Å²) >= 11 is 1.33. The van der Waals surface area contributed by atoms with E-state index in [9.17, 15) is 4.79 Å². The van der Waals surface area contributed by atoms with Gasteiger partial charge in [-0.2, -0.15) is 0 Å². The van der Waals surface area contributed by atoms with Gasteiger partial charge in [0.25, 0.3) is 5.91 Å². The zero-order valence-corrected chi connectivity index (χ0v) is 12.9. The zero-order valence-electron chi connectivity index (χ0n) is 12.1. The van der Waals surface area contributed by atoms with Gasteiger partial charge in [0.05, 0.1) is 5.69 Å². The maximum absolute atomic E-state index is 12.1. The van der Waals surface area contributed by atoms with Gasteiger partial charge in [-0.25, -0.2) is 4.98 Å². The number of nitrogens with two attached hydrogens (primary N) is 1. The van der Waals surface area contributed by atoms with Crippen molar-refractivity contribution >= 4 is 17.2 Å². The van der Waals surface area contributed by atoms with Crippen molar-refractivity contribution in [2.24, 2.45) is 5.73 Å². The quantitative estimate of drug-likeness (QED) is 0.907. The van der Waals surface area contributed by atoms with Crippen LogP contribution in [0, 0.1) is 13.8 Å². The fourth-order valence-electron chi connectivity index (χ4n) is 1.65. The van der Waals surface area contributed by atoms with Crippen molar-refractivity contribution < 1.29 is 9.21 Å². The lowest BCUT2D eigenvalue weighted by atomic mass is 10.1. The Morgan fingerprint density at radius 1 is 1.45 bits per heavy atom. The minimum absolute atomic E-state index is 0.145. The summed E-state index contributed by atoms with van der Waals surface area (Å²) in [4.78, 5) is 17.1. The second-order valence-corrected chi connectivity index (χ2v) is 6.51. The Morgan fingerprint density at radius 3 is 2.70 bits per heavy atom. The molecule has 1 amide bonds. The van der Waals surface area contributed by atoms with Gasteiger partial charge in [-0.05, 0) is 39.8 Å². The molecule has 0 bridgehead atoms. The molecule has 3 N–H and O–H groups in total. The van der Waals surface area contributed by atoms with Crippen molar-refractivity contribution in [3.8, 4) is 10.8 Å². The molecule has 20 heavy (non-hydrogen) atoms. The Labute approximate surface area is 122 Å². The number of nitrogens with one attached hydrogen (secondary N) is 1. The van der Waals surface area contributed by atoms with E-state index < -0.39 is 5.54 Å². The van der Waals surface area contributed by atoms with Gasteiger partial charge < -0.3 is 15.5 Å². The van der Waals surface area contributed by atoms with Gasteiger partial charge in [0.15, 0.2) is 10.8 Å². The van der Waals surface area contributed by atoms with Crippen LogP contribution in [-0.4, -0.2) is 23.0 Å². The largest absolute Gasteiger partial charge is 0.459 e. The van der Waals surface area contributed by atoms with Crippen molar-refractivity contribution in [3.63, 3.8) is 0 Å². The van der Waals surface area contributed by atoms with Crippen LogP contribution in [-0.2, 0) is 0 Å². The molecule has 0 saturated heterocycles. The molecule has 2 rings (SSSR count). The molecular weight excluding hydrogens is 274 g/mol. The van der Waals surface area contributed by atoms with Gasteiger partial charge in [-0.1, -0.05) is 0 Å². The zero-order chi connectivity index (χ0) is 14.9.